The lowest BCUT2D eigenvalue weighted by Crippen LogP contribution is -2.49. The van der Waals surface area contributed by atoms with Gasteiger partial charge in [-0.1, -0.05) is 72.8 Å². The molecule has 0 aliphatic carbocycles. The van der Waals surface area contributed by atoms with Crippen molar-refractivity contribution in [3.05, 3.63) is 126 Å². The fraction of sp³-hybridized carbons (Fsp3) is 0.188. The van der Waals surface area contributed by atoms with Crippen LogP contribution >= 0.6 is 0 Å². The fourth-order valence-corrected chi connectivity index (χ4v) is 4.08. The second-order valence-electron chi connectivity index (χ2n) is 9.05. The molecule has 38 heavy (non-hydrogen) atoms. The molecule has 6 heteroatoms. The largest absolute Gasteiger partial charge is 0.497 e. The van der Waals surface area contributed by atoms with Gasteiger partial charge in [-0.25, -0.2) is 0 Å². The smallest absolute Gasteiger partial charge is 0.243 e. The van der Waals surface area contributed by atoms with Crippen molar-refractivity contribution in [2.45, 2.75) is 31.8 Å². The van der Waals surface area contributed by atoms with Gasteiger partial charge >= 0.3 is 0 Å². The quantitative estimate of drug-likeness (QED) is 0.275. The van der Waals surface area contributed by atoms with Crippen molar-refractivity contribution in [1.82, 2.24) is 10.6 Å². The van der Waals surface area contributed by atoms with Gasteiger partial charge < -0.3 is 20.1 Å². The minimum Gasteiger partial charge on any atom is -0.497 e. The number of rotatable bonds is 11. The highest BCUT2D eigenvalue weighted by atomic mass is 16.5. The number of hydrogen-bond acceptors (Lipinski definition) is 4. The van der Waals surface area contributed by atoms with E-state index in [1.54, 1.807) is 7.11 Å². The SMILES string of the molecule is COc1ccc(CC(=O)N[C@@H](Cc2ccc(Oc3ccccc3)cc2)C(=O)N[C@H](C)c2ccccc2)cc1. The Morgan fingerprint density at radius 1 is 0.684 bits per heavy atom. The lowest BCUT2D eigenvalue weighted by molar-refractivity contribution is -0.129. The van der Waals surface area contributed by atoms with Crippen LogP contribution in [-0.4, -0.2) is 25.0 Å². The number of carbonyl (C=O) groups excluding carboxylic acids is 2. The second-order valence-corrected chi connectivity index (χ2v) is 9.05. The van der Waals surface area contributed by atoms with Crippen LogP contribution in [0.5, 0.6) is 17.2 Å². The van der Waals surface area contributed by atoms with Crippen molar-refractivity contribution < 1.29 is 19.1 Å². The first-order chi connectivity index (χ1) is 18.5. The van der Waals surface area contributed by atoms with Gasteiger partial charge in [-0.2, -0.15) is 0 Å². The molecule has 0 fully saturated rings. The first-order valence-electron chi connectivity index (χ1n) is 12.6. The number of hydrogen-bond donors (Lipinski definition) is 2. The summed E-state index contributed by atoms with van der Waals surface area (Å²) in [6.07, 6.45) is 0.499. The molecule has 194 valence electrons. The molecule has 0 saturated heterocycles. The Morgan fingerprint density at radius 3 is 1.87 bits per heavy atom. The van der Waals surface area contributed by atoms with Crippen LogP contribution in [0.4, 0.5) is 0 Å². The van der Waals surface area contributed by atoms with Crippen molar-refractivity contribution in [2.24, 2.45) is 0 Å². The van der Waals surface area contributed by atoms with E-state index in [4.69, 9.17) is 9.47 Å². The third-order valence-corrected chi connectivity index (χ3v) is 6.18. The summed E-state index contributed by atoms with van der Waals surface area (Å²) in [5, 5.41) is 5.99. The number of ether oxygens (including phenoxy) is 2. The van der Waals surface area contributed by atoms with Gasteiger partial charge in [-0.3, -0.25) is 9.59 Å². The Hall–Kier alpha value is -4.58. The van der Waals surface area contributed by atoms with Crippen molar-refractivity contribution in [3.8, 4) is 17.2 Å². The molecular weight excluding hydrogens is 476 g/mol. The molecule has 0 bridgehead atoms. The van der Waals surface area contributed by atoms with Crippen molar-refractivity contribution >= 4 is 11.8 Å². The van der Waals surface area contributed by atoms with E-state index in [1.165, 1.54) is 0 Å². The molecule has 0 saturated carbocycles. The van der Waals surface area contributed by atoms with E-state index in [0.717, 1.165) is 28.2 Å². The predicted octanol–water partition coefficient (Wildman–Crippen LogP) is 5.63. The molecule has 0 radical (unpaired) electrons. The van der Waals surface area contributed by atoms with Gasteiger partial charge in [0.25, 0.3) is 0 Å². The maximum Gasteiger partial charge on any atom is 0.243 e. The molecule has 6 nitrogen and oxygen atoms in total. The van der Waals surface area contributed by atoms with Crippen molar-refractivity contribution in [2.75, 3.05) is 7.11 Å². The maximum absolute atomic E-state index is 13.3. The molecule has 2 amide bonds. The Bertz CT molecular complexity index is 1310. The summed E-state index contributed by atoms with van der Waals surface area (Å²) in [5.41, 5.74) is 2.73. The number of carbonyl (C=O) groups is 2. The maximum atomic E-state index is 13.3. The van der Waals surface area contributed by atoms with E-state index >= 15 is 0 Å². The molecule has 2 N–H and O–H groups in total. The molecule has 4 aromatic rings. The standard InChI is InChI=1S/C32H32N2O4/c1-23(26-9-5-3-6-10-26)33-32(36)30(34-31(35)22-25-13-17-27(37-2)18-14-25)21-24-15-19-29(20-16-24)38-28-11-7-4-8-12-28/h3-20,23,30H,21-22H2,1-2H3,(H,33,36)(H,34,35)/t23-,30+/m1/s1. The van der Waals surface area contributed by atoms with Crippen LogP contribution in [0.15, 0.2) is 109 Å². The minimum atomic E-state index is -0.743. The molecule has 2 atom stereocenters. The van der Waals surface area contributed by atoms with Crippen LogP contribution in [-0.2, 0) is 22.4 Å². The van der Waals surface area contributed by atoms with Gasteiger partial charge in [0, 0.05) is 6.42 Å². The van der Waals surface area contributed by atoms with Crippen LogP contribution in [0, 0.1) is 0 Å². The van der Waals surface area contributed by atoms with Crippen LogP contribution in [0.25, 0.3) is 0 Å². The summed E-state index contributed by atoms with van der Waals surface area (Å²) in [4.78, 5) is 26.3. The van der Waals surface area contributed by atoms with E-state index in [1.807, 2.05) is 116 Å². The monoisotopic (exact) mass is 508 g/mol. The zero-order valence-corrected chi connectivity index (χ0v) is 21.6. The predicted molar refractivity (Wildman–Crippen MR) is 148 cm³/mol. The summed E-state index contributed by atoms with van der Waals surface area (Å²) in [7, 11) is 1.60. The van der Waals surface area contributed by atoms with Gasteiger partial charge in [0.05, 0.1) is 19.6 Å². The minimum absolute atomic E-state index is 0.159. The lowest BCUT2D eigenvalue weighted by atomic mass is 10.0. The molecule has 0 aliphatic heterocycles. The van der Waals surface area contributed by atoms with Crippen LogP contribution in [0.3, 0.4) is 0 Å². The zero-order valence-electron chi connectivity index (χ0n) is 21.6. The van der Waals surface area contributed by atoms with Crippen LogP contribution in [0.1, 0.15) is 29.7 Å². The third-order valence-electron chi connectivity index (χ3n) is 6.18. The van der Waals surface area contributed by atoms with Gasteiger partial charge in [0.1, 0.15) is 23.3 Å². The molecule has 0 aromatic heterocycles. The van der Waals surface area contributed by atoms with E-state index in [9.17, 15) is 9.59 Å². The first kappa shape index (κ1) is 26.5. The normalized spacial score (nSPS) is 12.2. The van der Waals surface area contributed by atoms with E-state index < -0.39 is 6.04 Å². The number of para-hydroxylation sites is 1. The topological polar surface area (TPSA) is 76.7 Å². The molecular formula is C32H32N2O4. The average Bonchev–Trinajstić information content (AvgIpc) is 2.95. The van der Waals surface area contributed by atoms with E-state index in [2.05, 4.69) is 10.6 Å². The highest BCUT2D eigenvalue weighted by Crippen LogP contribution is 2.22. The summed E-state index contributed by atoms with van der Waals surface area (Å²) in [5.74, 6) is 1.70. The van der Waals surface area contributed by atoms with E-state index in [0.29, 0.717) is 12.2 Å². The van der Waals surface area contributed by atoms with Gasteiger partial charge in [0.2, 0.25) is 11.8 Å². The molecule has 0 heterocycles. The van der Waals surface area contributed by atoms with Gasteiger partial charge in [0.15, 0.2) is 0 Å². The molecule has 0 aliphatic rings. The first-order valence-corrected chi connectivity index (χ1v) is 12.6. The Morgan fingerprint density at radius 2 is 1.24 bits per heavy atom. The zero-order chi connectivity index (χ0) is 26.7. The van der Waals surface area contributed by atoms with Gasteiger partial charge in [-0.05, 0) is 60.0 Å². The number of amides is 2. The fourth-order valence-electron chi connectivity index (χ4n) is 4.08. The summed E-state index contributed by atoms with van der Waals surface area (Å²) in [6.45, 7) is 1.93. The Labute approximate surface area is 223 Å². The Balaban J connectivity index is 1.45. The van der Waals surface area contributed by atoms with Gasteiger partial charge in [-0.15, -0.1) is 0 Å². The molecule has 0 unspecified atom stereocenters. The average molecular weight is 509 g/mol. The number of nitrogens with one attached hydrogen (secondary N) is 2. The number of benzene rings is 4. The lowest BCUT2D eigenvalue weighted by Gasteiger charge is -2.22. The molecule has 4 aromatic carbocycles. The number of methoxy groups -OCH3 is 1. The van der Waals surface area contributed by atoms with Crippen molar-refractivity contribution in [3.63, 3.8) is 0 Å². The summed E-state index contributed by atoms with van der Waals surface area (Å²) < 4.78 is 11.1. The molecule has 4 rings (SSSR count). The van der Waals surface area contributed by atoms with Crippen LogP contribution in [0.2, 0.25) is 0 Å². The summed E-state index contributed by atoms with van der Waals surface area (Å²) in [6, 6.07) is 33.2. The highest BCUT2D eigenvalue weighted by molar-refractivity contribution is 5.88. The third kappa shape index (κ3) is 7.71. The summed E-state index contributed by atoms with van der Waals surface area (Å²) >= 11 is 0. The van der Waals surface area contributed by atoms with Crippen LogP contribution < -0.4 is 20.1 Å². The van der Waals surface area contributed by atoms with Crippen molar-refractivity contribution in [1.29, 1.82) is 0 Å². The highest BCUT2D eigenvalue weighted by Gasteiger charge is 2.23. The Kier molecular flexibility index (Phi) is 9.13. The molecule has 0 spiro atoms. The second kappa shape index (κ2) is 13.1. The van der Waals surface area contributed by atoms with E-state index in [-0.39, 0.29) is 24.3 Å².